The number of nitrogen functional groups attached to an aromatic ring is 1. The second-order valence-electron chi connectivity index (χ2n) is 6.28. The second kappa shape index (κ2) is 5.52. The molecule has 1 aliphatic heterocycles. The van der Waals surface area contributed by atoms with Crippen molar-refractivity contribution >= 4 is 11.4 Å². The van der Waals surface area contributed by atoms with Crippen molar-refractivity contribution in [3.05, 3.63) is 18.2 Å². The average molecular weight is 275 g/mol. The fourth-order valence-electron chi connectivity index (χ4n) is 2.89. The zero-order valence-corrected chi connectivity index (χ0v) is 12.4. The molecule has 3 N–H and O–H groups in total. The summed E-state index contributed by atoms with van der Waals surface area (Å²) >= 11 is 0. The Hall–Kier alpha value is -1.42. The molecule has 1 atom stereocenters. The fraction of sp³-hybridized carbons (Fsp3) is 0.625. The minimum Gasteiger partial charge on any atom is -0.489 e. The first-order chi connectivity index (χ1) is 9.61. The molecule has 0 spiro atoms. The van der Waals surface area contributed by atoms with Crippen LogP contribution in [0.25, 0.3) is 0 Å². The summed E-state index contributed by atoms with van der Waals surface area (Å²) in [6.07, 6.45) is 4.15. The van der Waals surface area contributed by atoms with Gasteiger partial charge < -0.3 is 15.8 Å². The third kappa shape index (κ3) is 3.18. The van der Waals surface area contributed by atoms with E-state index in [-0.39, 0.29) is 6.10 Å². The van der Waals surface area contributed by atoms with E-state index in [2.05, 4.69) is 10.2 Å². The van der Waals surface area contributed by atoms with Gasteiger partial charge in [0.15, 0.2) is 0 Å². The van der Waals surface area contributed by atoms with E-state index >= 15 is 0 Å². The Morgan fingerprint density at radius 3 is 2.80 bits per heavy atom. The minimum absolute atomic E-state index is 0.143. The number of hydrogen-bond acceptors (Lipinski definition) is 4. The van der Waals surface area contributed by atoms with Crippen LogP contribution in [0.2, 0.25) is 0 Å². The van der Waals surface area contributed by atoms with E-state index in [9.17, 15) is 0 Å². The Balaban J connectivity index is 1.62. The lowest BCUT2D eigenvalue weighted by Crippen LogP contribution is -2.27. The van der Waals surface area contributed by atoms with Gasteiger partial charge in [0.2, 0.25) is 0 Å². The number of benzene rings is 1. The molecule has 110 valence electrons. The van der Waals surface area contributed by atoms with Crippen LogP contribution in [0.1, 0.15) is 33.1 Å². The molecular weight excluding hydrogens is 250 g/mol. The zero-order valence-electron chi connectivity index (χ0n) is 12.4. The van der Waals surface area contributed by atoms with Gasteiger partial charge in [-0.05, 0) is 45.2 Å². The van der Waals surface area contributed by atoms with Gasteiger partial charge in [0.25, 0.3) is 0 Å². The van der Waals surface area contributed by atoms with Crippen LogP contribution in [0.5, 0.6) is 5.75 Å². The van der Waals surface area contributed by atoms with Crippen LogP contribution in [-0.4, -0.2) is 36.2 Å². The van der Waals surface area contributed by atoms with E-state index in [1.807, 2.05) is 32.0 Å². The third-order valence-electron chi connectivity index (χ3n) is 4.03. The molecule has 0 amide bonds. The molecule has 1 aromatic rings. The molecule has 1 heterocycles. The van der Waals surface area contributed by atoms with Crippen molar-refractivity contribution in [2.45, 2.75) is 51.3 Å². The second-order valence-corrected chi connectivity index (χ2v) is 6.28. The number of likely N-dealkylation sites (tertiary alicyclic amines) is 1. The molecule has 20 heavy (non-hydrogen) atoms. The van der Waals surface area contributed by atoms with Crippen molar-refractivity contribution in [3.8, 4) is 5.75 Å². The van der Waals surface area contributed by atoms with Gasteiger partial charge in [-0.2, -0.15) is 0 Å². The Morgan fingerprint density at radius 1 is 1.30 bits per heavy atom. The summed E-state index contributed by atoms with van der Waals surface area (Å²) in [4.78, 5) is 2.61. The monoisotopic (exact) mass is 275 g/mol. The van der Waals surface area contributed by atoms with Crippen LogP contribution >= 0.6 is 0 Å². The molecule has 4 nitrogen and oxygen atoms in total. The van der Waals surface area contributed by atoms with Crippen LogP contribution < -0.4 is 15.8 Å². The molecule has 2 fully saturated rings. The Bertz CT molecular complexity index is 471. The summed E-state index contributed by atoms with van der Waals surface area (Å²) in [6.45, 7) is 6.43. The summed E-state index contributed by atoms with van der Waals surface area (Å²) in [5, 5.41) is 3.62. The molecule has 2 aliphatic rings. The van der Waals surface area contributed by atoms with E-state index in [0.29, 0.717) is 11.7 Å². The van der Waals surface area contributed by atoms with Gasteiger partial charge in [0.05, 0.1) is 11.8 Å². The highest BCUT2D eigenvalue weighted by atomic mass is 16.5. The maximum Gasteiger partial charge on any atom is 0.144 e. The molecule has 3 rings (SSSR count). The molecule has 0 radical (unpaired) electrons. The summed E-state index contributed by atoms with van der Waals surface area (Å²) in [5.74, 6) is 0.780. The maximum atomic E-state index is 5.95. The van der Waals surface area contributed by atoms with Crippen molar-refractivity contribution in [2.75, 3.05) is 24.1 Å². The summed E-state index contributed by atoms with van der Waals surface area (Å²) in [7, 11) is 0. The molecule has 1 unspecified atom stereocenters. The van der Waals surface area contributed by atoms with Crippen molar-refractivity contribution in [1.82, 2.24) is 4.90 Å². The average Bonchev–Trinajstić information content (AvgIpc) is 3.14. The van der Waals surface area contributed by atoms with Crippen molar-refractivity contribution < 1.29 is 4.74 Å². The van der Waals surface area contributed by atoms with Crippen LogP contribution in [0, 0.1) is 0 Å². The molecule has 1 aliphatic carbocycles. The van der Waals surface area contributed by atoms with Crippen LogP contribution in [0.4, 0.5) is 11.4 Å². The van der Waals surface area contributed by atoms with Crippen LogP contribution in [-0.2, 0) is 0 Å². The van der Waals surface area contributed by atoms with Gasteiger partial charge in [-0.25, -0.2) is 0 Å². The zero-order chi connectivity index (χ0) is 14.1. The Kier molecular flexibility index (Phi) is 3.74. The standard InChI is InChI=1S/C16H25N3O/c1-11(2)20-16-9-12(3-6-15(16)17)18-13-7-8-19(10-13)14-4-5-14/h3,6,9,11,13-14,18H,4-5,7-8,10,17H2,1-2H3. The lowest BCUT2D eigenvalue weighted by molar-refractivity contribution is 0.244. The number of nitrogens with one attached hydrogen (secondary N) is 1. The third-order valence-corrected chi connectivity index (χ3v) is 4.03. The number of rotatable bonds is 5. The summed E-state index contributed by atoms with van der Waals surface area (Å²) in [6, 6.07) is 7.41. The summed E-state index contributed by atoms with van der Waals surface area (Å²) < 4.78 is 5.74. The van der Waals surface area contributed by atoms with E-state index in [1.165, 1.54) is 25.8 Å². The van der Waals surface area contributed by atoms with E-state index in [4.69, 9.17) is 10.5 Å². The lowest BCUT2D eigenvalue weighted by Gasteiger charge is -2.18. The maximum absolute atomic E-state index is 5.95. The molecule has 0 bridgehead atoms. The van der Waals surface area contributed by atoms with Crippen molar-refractivity contribution in [1.29, 1.82) is 0 Å². The van der Waals surface area contributed by atoms with Gasteiger partial charge in [-0.3, -0.25) is 4.90 Å². The van der Waals surface area contributed by atoms with Crippen LogP contribution in [0.3, 0.4) is 0 Å². The molecule has 0 aromatic heterocycles. The molecule has 1 aromatic carbocycles. The van der Waals surface area contributed by atoms with Gasteiger partial charge in [0, 0.05) is 36.9 Å². The van der Waals surface area contributed by atoms with Gasteiger partial charge >= 0.3 is 0 Å². The van der Waals surface area contributed by atoms with Gasteiger partial charge in [-0.15, -0.1) is 0 Å². The van der Waals surface area contributed by atoms with Gasteiger partial charge in [-0.1, -0.05) is 0 Å². The smallest absolute Gasteiger partial charge is 0.144 e. The van der Waals surface area contributed by atoms with Crippen LogP contribution in [0.15, 0.2) is 18.2 Å². The first kappa shape index (κ1) is 13.6. The first-order valence-corrected chi connectivity index (χ1v) is 7.68. The van der Waals surface area contributed by atoms with E-state index < -0.39 is 0 Å². The molecular formula is C16H25N3O. The highest BCUT2D eigenvalue weighted by Gasteiger charge is 2.34. The number of nitrogens with zero attached hydrogens (tertiary/aromatic N) is 1. The normalized spacial score (nSPS) is 23.2. The SMILES string of the molecule is CC(C)Oc1cc(NC2CCN(C3CC3)C2)ccc1N. The number of anilines is 2. The van der Waals surface area contributed by atoms with Crippen molar-refractivity contribution in [3.63, 3.8) is 0 Å². The Morgan fingerprint density at radius 2 is 2.10 bits per heavy atom. The number of nitrogens with two attached hydrogens (primary N) is 1. The molecule has 1 saturated heterocycles. The lowest BCUT2D eigenvalue weighted by atomic mass is 10.2. The Labute approximate surface area is 121 Å². The first-order valence-electron chi connectivity index (χ1n) is 7.68. The molecule has 4 heteroatoms. The largest absolute Gasteiger partial charge is 0.489 e. The fourth-order valence-corrected chi connectivity index (χ4v) is 2.89. The minimum atomic E-state index is 0.143. The van der Waals surface area contributed by atoms with Gasteiger partial charge in [0.1, 0.15) is 5.75 Å². The van der Waals surface area contributed by atoms with Crippen molar-refractivity contribution in [2.24, 2.45) is 0 Å². The topological polar surface area (TPSA) is 50.5 Å². The quantitative estimate of drug-likeness (QED) is 0.811. The number of ether oxygens (including phenoxy) is 1. The highest BCUT2D eigenvalue weighted by molar-refractivity contribution is 5.61. The van der Waals surface area contributed by atoms with E-state index in [1.54, 1.807) is 0 Å². The predicted molar refractivity (Wildman–Crippen MR) is 83.2 cm³/mol. The highest BCUT2D eigenvalue weighted by Crippen LogP contribution is 2.32. The van der Waals surface area contributed by atoms with E-state index in [0.717, 1.165) is 24.0 Å². The predicted octanol–water partition coefficient (Wildman–Crippen LogP) is 2.70. The summed E-state index contributed by atoms with van der Waals surface area (Å²) in [5.41, 5.74) is 7.77. The molecule has 1 saturated carbocycles. The number of hydrogen-bond donors (Lipinski definition) is 2.